The average Bonchev–Trinajstić information content (AvgIpc) is 2.66. The first-order valence-electron chi connectivity index (χ1n) is 11.3. The van der Waals surface area contributed by atoms with Crippen molar-refractivity contribution in [3.63, 3.8) is 0 Å². The smallest absolute Gasteiger partial charge is 0.327 e. The van der Waals surface area contributed by atoms with Crippen LogP contribution in [-0.2, 0) is 9.59 Å². The molecule has 1 aliphatic rings. The molecule has 1 fully saturated rings. The van der Waals surface area contributed by atoms with Crippen molar-refractivity contribution in [3.8, 4) is 0 Å². The monoisotopic (exact) mass is 392 g/mol. The molecule has 1 rings (SSSR count). The second kappa shape index (κ2) is 15.4. The zero-order valence-corrected chi connectivity index (χ0v) is 17.7. The van der Waals surface area contributed by atoms with Gasteiger partial charge >= 0.3 is 11.9 Å². The summed E-state index contributed by atoms with van der Waals surface area (Å²) < 4.78 is 0. The van der Waals surface area contributed by atoms with Crippen LogP contribution in [-0.4, -0.2) is 22.2 Å². The number of carboxylic acids is 2. The molecule has 0 aromatic rings. The molecule has 0 aromatic heterocycles. The normalized spacial score (nSPS) is 22.8. The van der Waals surface area contributed by atoms with E-state index in [1.807, 2.05) is 0 Å². The number of unbranched alkanes of at least 4 members (excludes halogenated alkanes) is 9. The maximum Gasteiger partial charge on any atom is 0.327 e. The Kier molecular flexibility index (Phi) is 13.4. The van der Waals surface area contributed by atoms with Crippen molar-refractivity contribution >= 4 is 11.9 Å². The summed E-state index contributed by atoms with van der Waals surface area (Å²) in [6.45, 7) is 2.25. The van der Waals surface area contributed by atoms with Crippen LogP contribution in [0.2, 0.25) is 0 Å². The van der Waals surface area contributed by atoms with Gasteiger partial charge in [0.1, 0.15) is 0 Å². The Morgan fingerprint density at radius 3 is 1.57 bits per heavy atom. The molecular weight excluding hydrogens is 352 g/mol. The number of allylic oxidation sites excluding steroid dienone is 2. The summed E-state index contributed by atoms with van der Waals surface area (Å²) >= 11 is 0. The van der Waals surface area contributed by atoms with Crippen LogP contribution in [0.1, 0.15) is 96.8 Å². The van der Waals surface area contributed by atoms with Crippen molar-refractivity contribution in [2.24, 2.45) is 17.8 Å². The lowest BCUT2D eigenvalue weighted by Crippen LogP contribution is -2.21. The fourth-order valence-corrected chi connectivity index (χ4v) is 4.44. The second-order valence-corrected chi connectivity index (χ2v) is 8.46. The molecule has 3 atom stereocenters. The Morgan fingerprint density at radius 1 is 0.714 bits per heavy atom. The molecule has 0 amide bonds. The van der Waals surface area contributed by atoms with Crippen molar-refractivity contribution in [3.05, 3.63) is 24.3 Å². The third-order valence-electron chi connectivity index (χ3n) is 5.87. The maximum absolute atomic E-state index is 10.8. The third-order valence-corrected chi connectivity index (χ3v) is 5.87. The topological polar surface area (TPSA) is 74.6 Å². The highest BCUT2D eigenvalue weighted by Gasteiger charge is 2.26. The molecule has 0 aliphatic heterocycles. The summed E-state index contributed by atoms with van der Waals surface area (Å²) in [4.78, 5) is 21.6. The van der Waals surface area contributed by atoms with Crippen molar-refractivity contribution in [2.75, 3.05) is 0 Å². The fraction of sp³-hybridized carbons (Fsp3) is 0.750. The van der Waals surface area contributed by atoms with E-state index in [1.165, 1.54) is 82.8 Å². The Morgan fingerprint density at radius 2 is 1.14 bits per heavy atom. The van der Waals surface area contributed by atoms with E-state index in [0.29, 0.717) is 5.92 Å². The Bertz CT molecular complexity index is 463. The van der Waals surface area contributed by atoms with Crippen LogP contribution < -0.4 is 0 Å². The zero-order chi connectivity index (χ0) is 20.6. The minimum absolute atomic E-state index is 0.237. The van der Waals surface area contributed by atoms with Crippen molar-refractivity contribution in [2.45, 2.75) is 96.8 Å². The molecule has 0 spiro atoms. The van der Waals surface area contributed by atoms with E-state index in [2.05, 4.69) is 6.92 Å². The van der Waals surface area contributed by atoms with Gasteiger partial charge in [-0.05, 0) is 37.0 Å². The van der Waals surface area contributed by atoms with Gasteiger partial charge in [-0.3, -0.25) is 0 Å². The number of hydrogen-bond acceptors (Lipinski definition) is 2. The molecule has 160 valence electrons. The lowest BCUT2D eigenvalue weighted by atomic mass is 9.73. The van der Waals surface area contributed by atoms with E-state index in [9.17, 15) is 9.59 Å². The van der Waals surface area contributed by atoms with E-state index in [-0.39, 0.29) is 11.8 Å². The standard InChI is InChI=1S/C24H40O4/c1-2-3-4-5-6-7-8-9-10-11-12-20-17-21(13-15-23(25)26)19-22(18-20)14-16-24(27)28/h13-16,20-22H,2-12,17-19H2,1H3,(H,25,26)(H,27,28)/b15-13-,16-14?. The summed E-state index contributed by atoms with van der Waals surface area (Å²) in [5.74, 6) is -0.776. The van der Waals surface area contributed by atoms with Gasteiger partial charge in [0.25, 0.3) is 0 Å². The molecule has 0 aromatic carbocycles. The first-order chi connectivity index (χ1) is 13.5. The van der Waals surface area contributed by atoms with Crippen LogP contribution >= 0.6 is 0 Å². The quantitative estimate of drug-likeness (QED) is 0.243. The minimum atomic E-state index is -0.908. The lowest BCUT2D eigenvalue weighted by Gasteiger charge is -2.32. The van der Waals surface area contributed by atoms with E-state index >= 15 is 0 Å². The molecule has 0 bridgehead atoms. The van der Waals surface area contributed by atoms with Gasteiger partial charge < -0.3 is 10.2 Å². The molecule has 2 N–H and O–H groups in total. The lowest BCUT2D eigenvalue weighted by molar-refractivity contribution is -0.132. The highest BCUT2D eigenvalue weighted by molar-refractivity contribution is 5.80. The summed E-state index contributed by atoms with van der Waals surface area (Å²) in [6, 6.07) is 0. The Hall–Kier alpha value is -1.58. The van der Waals surface area contributed by atoms with Crippen LogP contribution in [0.25, 0.3) is 0 Å². The van der Waals surface area contributed by atoms with Gasteiger partial charge in [0.2, 0.25) is 0 Å². The number of carboxylic acid groups (broad SMARTS) is 2. The molecule has 3 unspecified atom stereocenters. The largest absolute Gasteiger partial charge is 0.478 e. The SMILES string of the molecule is CCCCCCCCCCCCC1CC(C=CC(=O)O)CC(/C=C\C(=O)O)C1. The highest BCUT2D eigenvalue weighted by Crippen LogP contribution is 2.37. The van der Waals surface area contributed by atoms with Crippen LogP contribution in [0.5, 0.6) is 0 Å². The Balaban J connectivity index is 2.29. The average molecular weight is 393 g/mol. The van der Waals surface area contributed by atoms with Gasteiger partial charge in [-0.25, -0.2) is 9.59 Å². The molecule has 1 aliphatic carbocycles. The summed E-state index contributed by atoms with van der Waals surface area (Å²) in [5, 5.41) is 17.8. The maximum atomic E-state index is 10.8. The predicted molar refractivity (Wildman–Crippen MR) is 114 cm³/mol. The molecule has 0 radical (unpaired) electrons. The van der Waals surface area contributed by atoms with Gasteiger partial charge in [-0.15, -0.1) is 0 Å². The first-order valence-corrected chi connectivity index (χ1v) is 11.3. The highest BCUT2D eigenvalue weighted by atomic mass is 16.4. The van der Waals surface area contributed by atoms with E-state index in [1.54, 1.807) is 12.2 Å². The van der Waals surface area contributed by atoms with Crippen LogP contribution in [0, 0.1) is 17.8 Å². The Labute approximate surface area is 171 Å². The van der Waals surface area contributed by atoms with Crippen LogP contribution in [0.15, 0.2) is 24.3 Å². The van der Waals surface area contributed by atoms with Gasteiger partial charge in [0, 0.05) is 12.2 Å². The number of carbonyl (C=O) groups is 2. The first kappa shape index (κ1) is 24.5. The zero-order valence-electron chi connectivity index (χ0n) is 17.7. The van der Waals surface area contributed by atoms with Crippen molar-refractivity contribution in [1.82, 2.24) is 0 Å². The van der Waals surface area contributed by atoms with Gasteiger partial charge in [-0.2, -0.15) is 0 Å². The summed E-state index contributed by atoms with van der Waals surface area (Å²) in [5.41, 5.74) is 0. The van der Waals surface area contributed by atoms with E-state index in [4.69, 9.17) is 10.2 Å². The van der Waals surface area contributed by atoms with Crippen molar-refractivity contribution < 1.29 is 19.8 Å². The molecule has 0 heterocycles. The van der Waals surface area contributed by atoms with Crippen molar-refractivity contribution in [1.29, 1.82) is 0 Å². The minimum Gasteiger partial charge on any atom is -0.478 e. The summed E-state index contributed by atoms with van der Waals surface area (Å²) in [6.07, 6.45) is 23.5. The molecule has 28 heavy (non-hydrogen) atoms. The fourth-order valence-electron chi connectivity index (χ4n) is 4.44. The molecule has 0 saturated heterocycles. The summed E-state index contributed by atoms with van der Waals surface area (Å²) in [7, 11) is 0. The molecule has 4 nitrogen and oxygen atoms in total. The molecule has 4 heteroatoms. The predicted octanol–water partition coefficient (Wildman–Crippen LogP) is 6.61. The van der Waals surface area contributed by atoms with Gasteiger partial charge in [0.05, 0.1) is 0 Å². The molecule has 1 saturated carbocycles. The van der Waals surface area contributed by atoms with Crippen LogP contribution in [0.3, 0.4) is 0 Å². The van der Waals surface area contributed by atoms with E-state index in [0.717, 1.165) is 19.3 Å². The van der Waals surface area contributed by atoms with Gasteiger partial charge in [0.15, 0.2) is 0 Å². The molecular formula is C24H40O4. The second-order valence-electron chi connectivity index (χ2n) is 8.46. The third kappa shape index (κ3) is 12.7. The van der Waals surface area contributed by atoms with E-state index < -0.39 is 11.9 Å². The number of hydrogen-bond donors (Lipinski definition) is 2. The number of rotatable bonds is 15. The van der Waals surface area contributed by atoms with Crippen LogP contribution in [0.4, 0.5) is 0 Å². The van der Waals surface area contributed by atoms with Gasteiger partial charge in [-0.1, -0.05) is 89.7 Å². The number of aliphatic carboxylic acids is 2.